The summed E-state index contributed by atoms with van der Waals surface area (Å²) in [5.41, 5.74) is -0.293. The lowest BCUT2D eigenvalue weighted by Crippen LogP contribution is -2.47. The zero-order valence-corrected chi connectivity index (χ0v) is 14.1. The third kappa shape index (κ3) is 4.21. The molecule has 8 nitrogen and oxygen atoms in total. The summed E-state index contributed by atoms with van der Waals surface area (Å²) in [7, 11) is 2.06. The van der Waals surface area contributed by atoms with Crippen LogP contribution in [0.2, 0.25) is 0 Å². The Morgan fingerprint density at radius 3 is 2.56 bits per heavy atom. The molecule has 1 saturated heterocycles. The van der Waals surface area contributed by atoms with Gasteiger partial charge in [0.25, 0.3) is 11.5 Å². The molecule has 3 heterocycles. The van der Waals surface area contributed by atoms with E-state index in [0.29, 0.717) is 6.54 Å². The molecule has 0 radical (unpaired) electrons. The van der Waals surface area contributed by atoms with Crippen molar-refractivity contribution in [1.29, 1.82) is 0 Å². The predicted molar refractivity (Wildman–Crippen MR) is 92.3 cm³/mol. The predicted octanol–water partition coefficient (Wildman–Crippen LogP) is 0.195. The second-order valence-electron chi connectivity index (χ2n) is 6.32. The van der Waals surface area contributed by atoms with Crippen LogP contribution < -0.4 is 11.2 Å². The van der Waals surface area contributed by atoms with Crippen molar-refractivity contribution in [3.63, 3.8) is 0 Å². The van der Waals surface area contributed by atoms with Crippen LogP contribution in [0.3, 0.4) is 0 Å². The Morgan fingerprint density at radius 2 is 1.92 bits per heavy atom. The second-order valence-corrected chi connectivity index (χ2v) is 6.32. The quantitative estimate of drug-likeness (QED) is 0.825. The number of aromatic nitrogens is 3. The first-order valence-corrected chi connectivity index (χ1v) is 8.25. The minimum absolute atomic E-state index is 0.0155. The highest BCUT2D eigenvalue weighted by Gasteiger charge is 2.28. The molecule has 2 aromatic heterocycles. The molecule has 1 amide bonds. The summed E-state index contributed by atoms with van der Waals surface area (Å²) in [5, 5.41) is 0. The number of amides is 1. The van der Waals surface area contributed by atoms with Crippen LogP contribution in [0.25, 0.3) is 0 Å². The fourth-order valence-corrected chi connectivity index (χ4v) is 3.10. The van der Waals surface area contributed by atoms with Gasteiger partial charge in [-0.25, -0.2) is 4.79 Å². The van der Waals surface area contributed by atoms with E-state index in [4.69, 9.17) is 0 Å². The standard InChI is InChI=1S/C17H21N5O3/c1-21-8-4-13(5-9-21)22(11-12-2-6-18-7-3-12)16(24)14-10-15(23)20-17(25)19-14/h2-3,6-7,10,13H,4-5,8-9,11H2,1H3,(H2,19,20,23,25). The number of nitrogens with zero attached hydrogens (tertiary/aromatic N) is 3. The van der Waals surface area contributed by atoms with Gasteiger partial charge in [0.2, 0.25) is 0 Å². The lowest BCUT2D eigenvalue weighted by Gasteiger charge is -2.37. The molecule has 25 heavy (non-hydrogen) atoms. The maximum atomic E-state index is 13.0. The number of carbonyl (C=O) groups excluding carboxylic acids is 1. The summed E-state index contributed by atoms with van der Waals surface area (Å²) < 4.78 is 0. The largest absolute Gasteiger partial charge is 0.330 e. The Bertz CT molecular complexity index is 809. The number of rotatable bonds is 4. The molecule has 2 aromatic rings. The van der Waals surface area contributed by atoms with E-state index in [1.807, 2.05) is 12.1 Å². The molecule has 1 aliphatic rings. The average Bonchev–Trinajstić information content (AvgIpc) is 2.60. The van der Waals surface area contributed by atoms with Crippen molar-refractivity contribution >= 4 is 5.91 Å². The second kappa shape index (κ2) is 7.43. The van der Waals surface area contributed by atoms with Crippen molar-refractivity contribution in [3.8, 4) is 0 Å². The fraction of sp³-hybridized carbons (Fsp3) is 0.412. The van der Waals surface area contributed by atoms with Crippen molar-refractivity contribution in [2.24, 2.45) is 0 Å². The van der Waals surface area contributed by atoms with Crippen LogP contribution in [-0.4, -0.2) is 56.8 Å². The molecule has 0 bridgehead atoms. The maximum Gasteiger partial charge on any atom is 0.326 e. The summed E-state index contributed by atoms with van der Waals surface area (Å²) in [6.07, 6.45) is 5.06. The van der Waals surface area contributed by atoms with Gasteiger partial charge < -0.3 is 14.8 Å². The van der Waals surface area contributed by atoms with Crippen LogP contribution >= 0.6 is 0 Å². The van der Waals surface area contributed by atoms with Gasteiger partial charge in [-0.15, -0.1) is 0 Å². The molecule has 0 aliphatic carbocycles. The third-order valence-electron chi connectivity index (χ3n) is 4.48. The number of piperidine rings is 1. The Kier molecular flexibility index (Phi) is 5.08. The maximum absolute atomic E-state index is 13.0. The highest BCUT2D eigenvalue weighted by molar-refractivity contribution is 5.92. The monoisotopic (exact) mass is 343 g/mol. The van der Waals surface area contributed by atoms with Crippen molar-refractivity contribution in [2.45, 2.75) is 25.4 Å². The molecule has 1 fully saturated rings. The number of aromatic amines is 2. The van der Waals surface area contributed by atoms with Crippen molar-refractivity contribution in [1.82, 2.24) is 24.8 Å². The van der Waals surface area contributed by atoms with Crippen LogP contribution in [0.1, 0.15) is 28.9 Å². The van der Waals surface area contributed by atoms with Gasteiger partial charge in [0.05, 0.1) is 0 Å². The van der Waals surface area contributed by atoms with E-state index >= 15 is 0 Å². The Balaban J connectivity index is 1.90. The minimum Gasteiger partial charge on any atom is -0.330 e. The Morgan fingerprint density at radius 1 is 1.24 bits per heavy atom. The fourth-order valence-electron chi connectivity index (χ4n) is 3.10. The highest BCUT2D eigenvalue weighted by atomic mass is 16.2. The molecule has 0 aromatic carbocycles. The van der Waals surface area contributed by atoms with Crippen molar-refractivity contribution < 1.29 is 4.79 Å². The number of nitrogens with one attached hydrogen (secondary N) is 2. The molecule has 1 aliphatic heterocycles. The van der Waals surface area contributed by atoms with E-state index in [2.05, 4.69) is 26.9 Å². The van der Waals surface area contributed by atoms with E-state index < -0.39 is 11.2 Å². The summed E-state index contributed by atoms with van der Waals surface area (Å²) in [5.74, 6) is -0.338. The van der Waals surface area contributed by atoms with Gasteiger partial charge in [-0.3, -0.25) is 19.6 Å². The van der Waals surface area contributed by atoms with Crippen LogP contribution in [0, 0.1) is 0 Å². The molecule has 0 saturated carbocycles. The minimum atomic E-state index is -0.678. The normalized spacial score (nSPS) is 15.9. The van der Waals surface area contributed by atoms with Gasteiger partial charge in [0, 0.05) is 31.0 Å². The summed E-state index contributed by atoms with van der Waals surface area (Å²) in [6, 6.07) is 4.91. The topological polar surface area (TPSA) is 102 Å². The highest BCUT2D eigenvalue weighted by Crippen LogP contribution is 2.20. The van der Waals surface area contributed by atoms with E-state index in [1.165, 1.54) is 0 Å². The van der Waals surface area contributed by atoms with Crippen LogP contribution in [0.15, 0.2) is 40.2 Å². The first-order chi connectivity index (χ1) is 12.0. The van der Waals surface area contributed by atoms with Gasteiger partial charge in [0.15, 0.2) is 0 Å². The molecular weight excluding hydrogens is 322 g/mol. The molecule has 2 N–H and O–H groups in total. The summed E-state index contributed by atoms with van der Waals surface area (Å²) in [4.78, 5) is 48.6. The zero-order chi connectivity index (χ0) is 17.8. The van der Waals surface area contributed by atoms with E-state index in [9.17, 15) is 14.4 Å². The molecule has 3 rings (SSSR count). The number of pyridine rings is 1. The molecule has 8 heteroatoms. The van der Waals surface area contributed by atoms with Gasteiger partial charge in [-0.2, -0.15) is 0 Å². The first-order valence-electron chi connectivity index (χ1n) is 8.25. The molecular formula is C17H21N5O3. The van der Waals surface area contributed by atoms with Gasteiger partial charge in [-0.05, 0) is 50.7 Å². The van der Waals surface area contributed by atoms with E-state index in [-0.39, 0.29) is 17.6 Å². The Hall–Kier alpha value is -2.74. The number of hydrogen-bond acceptors (Lipinski definition) is 5. The third-order valence-corrected chi connectivity index (χ3v) is 4.48. The smallest absolute Gasteiger partial charge is 0.326 e. The van der Waals surface area contributed by atoms with Crippen molar-refractivity contribution in [2.75, 3.05) is 20.1 Å². The molecule has 132 valence electrons. The van der Waals surface area contributed by atoms with Crippen LogP contribution in [0.4, 0.5) is 0 Å². The Labute approximate surface area is 144 Å². The average molecular weight is 343 g/mol. The lowest BCUT2D eigenvalue weighted by atomic mass is 10.0. The van der Waals surface area contributed by atoms with E-state index in [1.54, 1.807) is 17.3 Å². The molecule has 0 unspecified atom stereocenters. The van der Waals surface area contributed by atoms with Gasteiger partial charge in [-0.1, -0.05) is 0 Å². The van der Waals surface area contributed by atoms with Gasteiger partial charge in [0.1, 0.15) is 5.69 Å². The zero-order valence-electron chi connectivity index (χ0n) is 14.1. The number of carbonyl (C=O) groups is 1. The number of H-pyrrole nitrogens is 2. The summed E-state index contributed by atoms with van der Waals surface area (Å²) in [6.45, 7) is 2.21. The molecule has 0 spiro atoms. The van der Waals surface area contributed by atoms with Crippen LogP contribution in [0.5, 0.6) is 0 Å². The summed E-state index contributed by atoms with van der Waals surface area (Å²) >= 11 is 0. The number of hydrogen-bond donors (Lipinski definition) is 2. The van der Waals surface area contributed by atoms with Crippen LogP contribution in [-0.2, 0) is 6.54 Å². The van der Waals surface area contributed by atoms with Crippen molar-refractivity contribution in [3.05, 3.63) is 62.7 Å². The SMILES string of the molecule is CN1CCC(N(Cc2ccncc2)C(=O)c2cc(=O)[nH]c(=O)[nH]2)CC1. The molecule has 0 atom stereocenters. The lowest BCUT2D eigenvalue weighted by molar-refractivity contribution is 0.0563. The van der Waals surface area contributed by atoms with Gasteiger partial charge >= 0.3 is 5.69 Å². The number of likely N-dealkylation sites (tertiary alicyclic amines) is 1. The first kappa shape index (κ1) is 17.1. The van der Waals surface area contributed by atoms with E-state index in [0.717, 1.165) is 37.6 Å².